The molecule has 7 heteroatoms. The molecule has 0 aliphatic carbocycles. The van der Waals surface area contributed by atoms with Gasteiger partial charge in [-0.05, 0) is 81.4 Å². The summed E-state index contributed by atoms with van der Waals surface area (Å²) in [6, 6.07) is 12.0. The average Bonchev–Trinajstić information content (AvgIpc) is 3.34. The first-order chi connectivity index (χ1) is 16.3. The number of rotatable bonds is 4. The third-order valence-corrected chi connectivity index (χ3v) is 6.79. The van der Waals surface area contributed by atoms with Gasteiger partial charge in [-0.2, -0.15) is 0 Å². The summed E-state index contributed by atoms with van der Waals surface area (Å²) in [5.74, 6) is -0.213. The van der Waals surface area contributed by atoms with E-state index in [1.807, 2.05) is 37.3 Å². The minimum Gasteiger partial charge on any atom is -0.493 e. The SMILES string of the molecule is CN1CCCC(NC(=O)c2cccc(C3(C)C=C(/C=C4/C(=O)Nc5ccc(F)cc54)OC3)c2)C1. The standard InChI is InChI=1S/C27H28FN3O3/c1-27(18-6-3-5-17(11-18)25(32)29-20-7-4-10-31(2)15-20)14-21(34-16-27)13-23-22-12-19(28)8-9-24(22)30-26(23)33/h3,5-6,8-9,11-14,20H,4,7,10,15-16H2,1-2H3,(H,29,32)(H,30,33)/b23-13+. The molecule has 0 aromatic heterocycles. The fourth-order valence-electron chi connectivity index (χ4n) is 4.90. The maximum absolute atomic E-state index is 13.7. The molecule has 3 heterocycles. The molecular formula is C27H28FN3O3. The molecule has 1 saturated heterocycles. The van der Waals surface area contributed by atoms with Crippen LogP contribution in [0.3, 0.4) is 0 Å². The number of amides is 2. The van der Waals surface area contributed by atoms with Crippen LogP contribution in [0.1, 0.15) is 41.3 Å². The molecule has 2 unspecified atom stereocenters. The quantitative estimate of drug-likeness (QED) is 0.679. The van der Waals surface area contributed by atoms with E-state index in [4.69, 9.17) is 4.74 Å². The molecule has 34 heavy (non-hydrogen) atoms. The van der Waals surface area contributed by atoms with Crippen LogP contribution < -0.4 is 10.6 Å². The van der Waals surface area contributed by atoms with Gasteiger partial charge < -0.3 is 20.3 Å². The van der Waals surface area contributed by atoms with E-state index < -0.39 is 11.2 Å². The van der Waals surface area contributed by atoms with Crippen molar-refractivity contribution in [2.75, 3.05) is 32.1 Å². The van der Waals surface area contributed by atoms with Gasteiger partial charge in [0.2, 0.25) is 0 Å². The van der Waals surface area contributed by atoms with E-state index in [1.165, 1.54) is 12.1 Å². The summed E-state index contributed by atoms with van der Waals surface area (Å²) in [6.07, 6.45) is 5.68. The first-order valence-electron chi connectivity index (χ1n) is 11.6. The van der Waals surface area contributed by atoms with Crippen molar-refractivity contribution in [2.24, 2.45) is 0 Å². The Morgan fingerprint density at radius 3 is 2.97 bits per heavy atom. The molecule has 2 N–H and O–H groups in total. The lowest BCUT2D eigenvalue weighted by Gasteiger charge is -2.30. The summed E-state index contributed by atoms with van der Waals surface area (Å²) in [5, 5.41) is 5.91. The Morgan fingerprint density at radius 2 is 2.15 bits per heavy atom. The van der Waals surface area contributed by atoms with E-state index in [-0.39, 0.29) is 17.9 Å². The third kappa shape index (κ3) is 4.35. The Kier molecular flexibility index (Phi) is 5.73. The average molecular weight is 462 g/mol. The highest BCUT2D eigenvalue weighted by molar-refractivity contribution is 6.31. The lowest BCUT2D eigenvalue weighted by atomic mass is 9.83. The molecule has 3 aliphatic rings. The highest BCUT2D eigenvalue weighted by Crippen LogP contribution is 2.37. The minimum absolute atomic E-state index is 0.0720. The number of hydrogen-bond acceptors (Lipinski definition) is 4. The molecule has 3 aliphatic heterocycles. The highest BCUT2D eigenvalue weighted by atomic mass is 19.1. The van der Waals surface area contributed by atoms with Crippen LogP contribution in [-0.2, 0) is 14.9 Å². The number of allylic oxidation sites excluding steroid dienone is 1. The molecule has 1 fully saturated rings. The molecule has 2 atom stereocenters. The zero-order chi connectivity index (χ0) is 23.9. The Hall–Kier alpha value is -3.45. The van der Waals surface area contributed by atoms with Gasteiger partial charge in [0.05, 0.1) is 5.57 Å². The summed E-state index contributed by atoms with van der Waals surface area (Å²) in [7, 11) is 2.07. The van der Waals surface area contributed by atoms with Gasteiger partial charge in [-0.1, -0.05) is 12.1 Å². The van der Waals surface area contributed by atoms with Crippen LogP contribution in [0.25, 0.3) is 5.57 Å². The predicted octanol–water partition coefficient (Wildman–Crippen LogP) is 3.86. The number of ether oxygens (including phenoxy) is 1. The zero-order valence-corrected chi connectivity index (χ0v) is 19.4. The van der Waals surface area contributed by atoms with Crippen molar-refractivity contribution in [1.29, 1.82) is 0 Å². The molecule has 2 aromatic rings. The van der Waals surface area contributed by atoms with Crippen molar-refractivity contribution < 1.29 is 18.7 Å². The van der Waals surface area contributed by atoms with Gasteiger partial charge in [0, 0.05) is 34.8 Å². The van der Waals surface area contributed by atoms with Crippen molar-refractivity contribution in [3.05, 3.63) is 82.9 Å². The van der Waals surface area contributed by atoms with Gasteiger partial charge in [-0.25, -0.2) is 4.39 Å². The van der Waals surface area contributed by atoms with E-state index in [0.717, 1.165) is 31.5 Å². The number of fused-ring (bicyclic) bond motifs is 1. The Balaban J connectivity index is 1.36. The van der Waals surface area contributed by atoms with Gasteiger partial charge in [0.25, 0.3) is 11.8 Å². The topological polar surface area (TPSA) is 70.7 Å². The monoisotopic (exact) mass is 461 g/mol. The molecule has 176 valence electrons. The van der Waals surface area contributed by atoms with Crippen molar-refractivity contribution in [2.45, 2.75) is 31.2 Å². The van der Waals surface area contributed by atoms with Gasteiger partial charge in [-0.15, -0.1) is 0 Å². The van der Waals surface area contributed by atoms with Crippen LogP contribution in [0.5, 0.6) is 0 Å². The Labute approximate surface area is 198 Å². The lowest BCUT2D eigenvalue weighted by molar-refractivity contribution is -0.110. The predicted molar refractivity (Wildman–Crippen MR) is 129 cm³/mol. The Morgan fingerprint density at radius 1 is 1.29 bits per heavy atom. The molecular weight excluding hydrogens is 433 g/mol. The van der Waals surface area contributed by atoms with Crippen molar-refractivity contribution in [3.8, 4) is 0 Å². The molecule has 5 rings (SSSR count). The van der Waals surface area contributed by atoms with Crippen LogP contribution in [0.4, 0.5) is 10.1 Å². The Bertz CT molecular complexity index is 1220. The number of likely N-dealkylation sites (N-methyl/N-ethyl adjacent to an activating group) is 1. The number of carbonyl (C=O) groups excluding carboxylic acids is 2. The van der Waals surface area contributed by atoms with Crippen LogP contribution in [0.2, 0.25) is 0 Å². The summed E-state index contributed by atoms with van der Waals surface area (Å²) in [5.41, 5.74) is 2.59. The number of benzene rings is 2. The summed E-state index contributed by atoms with van der Waals surface area (Å²) < 4.78 is 19.7. The molecule has 0 saturated carbocycles. The van der Waals surface area contributed by atoms with Gasteiger partial charge in [0.1, 0.15) is 18.2 Å². The molecule has 2 amide bonds. The number of likely N-dealkylation sites (tertiary alicyclic amines) is 1. The summed E-state index contributed by atoms with van der Waals surface area (Å²) in [4.78, 5) is 27.6. The zero-order valence-electron chi connectivity index (χ0n) is 19.4. The fourth-order valence-corrected chi connectivity index (χ4v) is 4.90. The van der Waals surface area contributed by atoms with Crippen LogP contribution >= 0.6 is 0 Å². The first-order valence-corrected chi connectivity index (χ1v) is 11.6. The van der Waals surface area contributed by atoms with Gasteiger partial charge >= 0.3 is 0 Å². The van der Waals surface area contributed by atoms with Crippen molar-refractivity contribution in [3.63, 3.8) is 0 Å². The lowest BCUT2D eigenvalue weighted by Crippen LogP contribution is -2.46. The van der Waals surface area contributed by atoms with Gasteiger partial charge in [-0.3, -0.25) is 9.59 Å². The second-order valence-corrected chi connectivity index (χ2v) is 9.61. The summed E-state index contributed by atoms with van der Waals surface area (Å²) >= 11 is 0. The number of carbonyl (C=O) groups is 2. The van der Waals surface area contributed by atoms with Gasteiger partial charge in [0.15, 0.2) is 0 Å². The van der Waals surface area contributed by atoms with E-state index in [9.17, 15) is 14.0 Å². The van der Waals surface area contributed by atoms with Crippen LogP contribution in [-0.4, -0.2) is 49.5 Å². The molecule has 6 nitrogen and oxygen atoms in total. The van der Waals surface area contributed by atoms with Crippen molar-refractivity contribution >= 4 is 23.1 Å². The molecule has 0 spiro atoms. The number of nitrogens with zero attached hydrogens (tertiary/aromatic N) is 1. The number of piperidine rings is 1. The minimum atomic E-state index is -0.465. The molecule has 0 bridgehead atoms. The maximum Gasteiger partial charge on any atom is 0.256 e. The van der Waals surface area contributed by atoms with E-state index in [1.54, 1.807) is 12.1 Å². The van der Waals surface area contributed by atoms with E-state index in [0.29, 0.717) is 34.8 Å². The smallest absolute Gasteiger partial charge is 0.256 e. The largest absolute Gasteiger partial charge is 0.493 e. The number of hydrogen-bond donors (Lipinski definition) is 2. The first kappa shape index (κ1) is 22.3. The highest BCUT2D eigenvalue weighted by Gasteiger charge is 2.33. The number of nitrogens with one attached hydrogen (secondary N) is 2. The maximum atomic E-state index is 13.7. The third-order valence-electron chi connectivity index (χ3n) is 6.79. The summed E-state index contributed by atoms with van der Waals surface area (Å²) in [6.45, 7) is 4.34. The number of anilines is 1. The molecule has 0 radical (unpaired) electrons. The second-order valence-electron chi connectivity index (χ2n) is 9.61. The molecule has 2 aromatic carbocycles. The van der Waals surface area contributed by atoms with Crippen molar-refractivity contribution in [1.82, 2.24) is 10.2 Å². The number of halogens is 1. The fraction of sp³-hybridized carbons (Fsp3) is 0.333. The normalized spacial score (nSPS) is 25.5. The van der Waals surface area contributed by atoms with E-state index in [2.05, 4.69) is 22.6 Å². The van der Waals surface area contributed by atoms with Crippen LogP contribution in [0.15, 0.2) is 60.4 Å². The second kappa shape index (κ2) is 8.72. The van der Waals surface area contributed by atoms with E-state index >= 15 is 0 Å². The van der Waals surface area contributed by atoms with Crippen LogP contribution in [0, 0.1) is 5.82 Å².